The summed E-state index contributed by atoms with van der Waals surface area (Å²) in [4.78, 5) is 11.1. The molecule has 0 spiro atoms. The third kappa shape index (κ3) is 3.48. The number of hydrogen-bond acceptors (Lipinski definition) is 3. The van der Waals surface area contributed by atoms with Gasteiger partial charge in [-0.2, -0.15) is 0 Å². The van der Waals surface area contributed by atoms with Gasteiger partial charge in [0.15, 0.2) is 0 Å². The third-order valence-corrected chi connectivity index (χ3v) is 2.57. The molecule has 0 saturated carbocycles. The molecule has 0 aliphatic carbocycles. The van der Waals surface area contributed by atoms with Crippen molar-refractivity contribution >= 4 is 23.0 Å². The summed E-state index contributed by atoms with van der Waals surface area (Å²) < 4.78 is 5.30. The Labute approximate surface area is 112 Å². The summed E-state index contributed by atoms with van der Waals surface area (Å²) in [7, 11) is 1.61. The molecule has 19 heavy (non-hydrogen) atoms. The molecule has 98 valence electrons. The van der Waals surface area contributed by atoms with Gasteiger partial charge in [0.1, 0.15) is 5.75 Å². The smallest absolute Gasteiger partial charge is 0.221 e. The second-order valence-electron chi connectivity index (χ2n) is 4.09. The topological polar surface area (TPSA) is 50.4 Å². The van der Waals surface area contributed by atoms with Crippen LogP contribution in [0.1, 0.15) is 6.92 Å². The molecule has 2 aromatic rings. The van der Waals surface area contributed by atoms with Crippen molar-refractivity contribution in [3.8, 4) is 5.75 Å². The van der Waals surface area contributed by atoms with Crippen LogP contribution in [0, 0.1) is 0 Å². The van der Waals surface area contributed by atoms with Crippen molar-refractivity contribution in [1.82, 2.24) is 0 Å². The van der Waals surface area contributed by atoms with E-state index in [2.05, 4.69) is 10.6 Å². The molecule has 0 aromatic heterocycles. The van der Waals surface area contributed by atoms with Crippen LogP contribution < -0.4 is 15.4 Å². The lowest BCUT2D eigenvalue weighted by Gasteiger charge is -2.13. The maximum absolute atomic E-state index is 11.1. The molecule has 4 nitrogen and oxygen atoms in total. The lowest BCUT2D eigenvalue weighted by Crippen LogP contribution is -2.06. The van der Waals surface area contributed by atoms with Crippen molar-refractivity contribution in [3.05, 3.63) is 48.5 Å². The highest BCUT2D eigenvalue weighted by Gasteiger charge is 2.05. The molecule has 0 bridgehead atoms. The van der Waals surface area contributed by atoms with Gasteiger partial charge in [-0.3, -0.25) is 4.79 Å². The van der Waals surface area contributed by atoms with Crippen LogP contribution in [0.3, 0.4) is 0 Å². The minimum absolute atomic E-state index is 0.101. The van der Waals surface area contributed by atoms with E-state index in [1.807, 2.05) is 42.5 Å². The van der Waals surface area contributed by atoms with E-state index in [-0.39, 0.29) is 5.91 Å². The van der Waals surface area contributed by atoms with Gasteiger partial charge in [-0.15, -0.1) is 0 Å². The summed E-state index contributed by atoms with van der Waals surface area (Å²) in [5.41, 5.74) is 2.49. The Hall–Kier alpha value is -2.49. The minimum atomic E-state index is -0.101. The SMILES string of the molecule is COc1ccc(NC(C)=O)cc1Nc1ccccc1. The number of carbonyl (C=O) groups is 1. The van der Waals surface area contributed by atoms with E-state index in [4.69, 9.17) is 4.74 Å². The van der Waals surface area contributed by atoms with E-state index < -0.39 is 0 Å². The van der Waals surface area contributed by atoms with Gasteiger partial charge in [0.2, 0.25) is 5.91 Å². The predicted molar refractivity (Wildman–Crippen MR) is 77.0 cm³/mol. The molecule has 2 aromatic carbocycles. The molecular formula is C15H16N2O2. The molecule has 1 amide bonds. The zero-order valence-electron chi connectivity index (χ0n) is 10.9. The quantitative estimate of drug-likeness (QED) is 0.881. The second-order valence-corrected chi connectivity index (χ2v) is 4.09. The maximum atomic E-state index is 11.1. The van der Waals surface area contributed by atoms with Crippen molar-refractivity contribution in [2.45, 2.75) is 6.92 Å². The van der Waals surface area contributed by atoms with E-state index in [1.54, 1.807) is 13.2 Å². The lowest BCUT2D eigenvalue weighted by molar-refractivity contribution is -0.114. The molecule has 0 aliphatic heterocycles. The first-order chi connectivity index (χ1) is 9.19. The molecule has 0 aliphatic rings. The zero-order valence-corrected chi connectivity index (χ0v) is 10.9. The van der Waals surface area contributed by atoms with E-state index in [0.717, 1.165) is 22.8 Å². The number of para-hydroxylation sites is 1. The fraction of sp³-hybridized carbons (Fsp3) is 0.133. The van der Waals surface area contributed by atoms with Gasteiger partial charge < -0.3 is 15.4 Å². The monoisotopic (exact) mass is 256 g/mol. The van der Waals surface area contributed by atoms with Crippen LogP contribution in [0.15, 0.2) is 48.5 Å². The highest BCUT2D eigenvalue weighted by Crippen LogP contribution is 2.30. The fourth-order valence-corrected chi connectivity index (χ4v) is 1.76. The van der Waals surface area contributed by atoms with Crippen molar-refractivity contribution in [3.63, 3.8) is 0 Å². The molecule has 0 heterocycles. The summed E-state index contributed by atoms with van der Waals surface area (Å²) in [5.74, 6) is 0.619. The summed E-state index contributed by atoms with van der Waals surface area (Å²) in [5, 5.41) is 6.01. The summed E-state index contributed by atoms with van der Waals surface area (Å²) in [6, 6.07) is 15.2. The number of rotatable bonds is 4. The number of methoxy groups -OCH3 is 1. The number of benzene rings is 2. The van der Waals surface area contributed by atoms with Crippen LogP contribution in [0.4, 0.5) is 17.1 Å². The van der Waals surface area contributed by atoms with Crippen LogP contribution in [0.25, 0.3) is 0 Å². The second kappa shape index (κ2) is 5.91. The predicted octanol–water partition coefficient (Wildman–Crippen LogP) is 3.40. The average molecular weight is 256 g/mol. The van der Waals surface area contributed by atoms with E-state index in [0.29, 0.717) is 0 Å². The number of nitrogens with one attached hydrogen (secondary N) is 2. The summed E-state index contributed by atoms with van der Waals surface area (Å²) in [6.45, 7) is 1.48. The Morgan fingerprint density at radius 1 is 1.05 bits per heavy atom. The molecule has 2 rings (SSSR count). The van der Waals surface area contributed by atoms with Gasteiger partial charge in [0.25, 0.3) is 0 Å². The summed E-state index contributed by atoms with van der Waals surface area (Å²) >= 11 is 0. The van der Waals surface area contributed by atoms with Crippen molar-refractivity contribution in [2.24, 2.45) is 0 Å². The van der Waals surface area contributed by atoms with Crippen molar-refractivity contribution < 1.29 is 9.53 Å². The Morgan fingerprint density at radius 3 is 2.42 bits per heavy atom. The van der Waals surface area contributed by atoms with Crippen LogP contribution in [-0.4, -0.2) is 13.0 Å². The van der Waals surface area contributed by atoms with Crippen LogP contribution in [0.5, 0.6) is 5.75 Å². The number of anilines is 3. The highest BCUT2D eigenvalue weighted by atomic mass is 16.5. The minimum Gasteiger partial charge on any atom is -0.495 e. The van der Waals surface area contributed by atoms with Gasteiger partial charge in [-0.25, -0.2) is 0 Å². The number of carbonyl (C=O) groups excluding carboxylic acids is 1. The standard InChI is InChI=1S/C15H16N2O2/c1-11(18)16-13-8-9-15(19-2)14(10-13)17-12-6-4-3-5-7-12/h3-10,17H,1-2H3,(H,16,18). The Balaban J connectivity index is 2.28. The largest absolute Gasteiger partial charge is 0.495 e. The molecule has 0 radical (unpaired) electrons. The number of amides is 1. The third-order valence-electron chi connectivity index (χ3n) is 2.57. The molecular weight excluding hydrogens is 240 g/mol. The van der Waals surface area contributed by atoms with Crippen molar-refractivity contribution in [2.75, 3.05) is 17.7 Å². The first kappa shape index (κ1) is 13.0. The van der Waals surface area contributed by atoms with Gasteiger partial charge in [-0.1, -0.05) is 18.2 Å². The lowest BCUT2D eigenvalue weighted by atomic mass is 10.2. The van der Waals surface area contributed by atoms with Gasteiger partial charge in [0.05, 0.1) is 12.8 Å². The summed E-state index contributed by atoms with van der Waals surface area (Å²) in [6.07, 6.45) is 0. The van der Waals surface area contributed by atoms with Gasteiger partial charge in [-0.05, 0) is 30.3 Å². The Bertz CT molecular complexity index is 568. The normalized spacial score (nSPS) is 9.79. The average Bonchev–Trinajstić information content (AvgIpc) is 2.39. The van der Waals surface area contributed by atoms with E-state index in [1.165, 1.54) is 6.92 Å². The van der Waals surface area contributed by atoms with Crippen LogP contribution in [0.2, 0.25) is 0 Å². The zero-order chi connectivity index (χ0) is 13.7. The van der Waals surface area contributed by atoms with Gasteiger partial charge >= 0.3 is 0 Å². The molecule has 2 N–H and O–H groups in total. The number of ether oxygens (including phenoxy) is 1. The highest BCUT2D eigenvalue weighted by molar-refractivity contribution is 5.89. The Kier molecular flexibility index (Phi) is 4.03. The Morgan fingerprint density at radius 2 is 1.79 bits per heavy atom. The van der Waals surface area contributed by atoms with E-state index >= 15 is 0 Å². The first-order valence-corrected chi connectivity index (χ1v) is 5.97. The van der Waals surface area contributed by atoms with Gasteiger partial charge in [0, 0.05) is 18.3 Å². The molecule has 0 saturated heterocycles. The number of hydrogen-bond donors (Lipinski definition) is 2. The maximum Gasteiger partial charge on any atom is 0.221 e. The van der Waals surface area contributed by atoms with Crippen molar-refractivity contribution in [1.29, 1.82) is 0 Å². The molecule has 0 unspecified atom stereocenters. The fourth-order valence-electron chi connectivity index (χ4n) is 1.76. The van der Waals surface area contributed by atoms with Crippen LogP contribution in [-0.2, 0) is 4.79 Å². The first-order valence-electron chi connectivity index (χ1n) is 5.97. The van der Waals surface area contributed by atoms with Crippen LogP contribution >= 0.6 is 0 Å². The molecule has 0 fully saturated rings. The molecule has 0 atom stereocenters. The van der Waals surface area contributed by atoms with E-state index in [9.17, 15) is 4.79 Å². The molecule has 4 heteroatoms.